The maximum atomic E-state index is 4.96. The van der Waals surface area contributed by atoms with Gasteiger partial charge < -0.3 is 5.73 Å². The van der Waals surface area contributed by atoms with Crippen LogP contribution in [-0.2, 0) is 0 Å². The van der Waals surface area contributed by atoms with Crippen molar-refractivity contribution in [3.05, 3.63) is 24.4 Å². The molecule has 0 spiro atoms. The number of hydrogen-bond donors (Lipinski definition) is 1. The first kappa shape index (κ1) is 6.95. The van der Waals surface area contributed by atoms with Crippen LogP contribution in [0.1, 0.15) is 6.92 Å². The van der Waals surface area contributed by atoms with E-state index in [2.05, 4.69) is 11.6 Å². The average Bonchev–Trinajstić information content (AvgIpc) is 1.83. The lowest BCUT2D eigenvalue weighted by atomic mass is 10.3. The average molecular weight is 110 g/mol. The van der Waals surface area contributed by atoms with E-state index in [1.807, 2.05) is 6.92 Å². The molecule has 2 N–H and O–H groups in total. The maximum absolute atomic E-state index is 4.96. The number of nitrogens with zero attached hydrogens (tertiary/aromatic N) is 1. The van der Waals surface area contributed by atoms with Gasteiger partial charge in [-0.05, 0) is 12.5 Å². The van der Waals surface area contributed by atoms with E-state index >= 15 is 0 Å². The molecule has 44 valence electrons. The predicted octanol–water partition coefficient (Wildman–Crippen LogP) is 1.06. The highest BCUT2D eigenvalue weighted by Crippen LogP contribution is 1.90. The number of nitrogens with two attached hydrogens (primary N) is 1. The molecule has 0 aliphatic heterocycles. The highest BCUT2D eigenvalue weighted by Gasteiger charge is 1.71. The molecular formula is C6H10N2. The van der Waals surface area contributed by atoms with E-state index in [0.717, 1.165) is 5.57 Å². The van der Waals surface area contributed by atoms with Gasteiger partial charge in [0.05, 0.1) is 6.34 Å². The van der Waals surface area contributed by atoms with E-state index in [4.69, 9.17) is 5.73 Å². The fourth-order valence-corrected chi connectivity index (χ4v) is 0.213. The minimum atomic E-state index is 1.01. The topological polar surface area (TPSA) is 38.4 Å². The van der Waals surface area contributed by atoms with Crippen LogP contribution in [0.15, 0.2) is 29.4 Å². The summed E-state index contributed by atoms with van der Waals surface area (Å²) in [5.41, 5.74) is 5.97. The van der Waals surface area contributed by atoms with E-state index in [1.165, 1.54) is 6.34 Å². The Labute approximate surface area is 49.4 Å². The zero-order chi connectivity index (χ0) is 6.41. The Morgan fingerprint density at radius 1 is 1.75 bits per heavy atom. The van der Waals surface area contributed by atoms with Gasteiger partial charge in [-0.3, -0.25) is 0 Å². The van der Waals surface area contributed by atoms with Crippen LogP contribution < -0.4 is 5.73 Å². The van der Waals surface area contributed by atoms with Crippen molar-refractivity contribution in [2.75, 3.05) is 0 Å². The Balaban J connectivity index is 3.74. The zero-order valence-corrected chi connectivity index (χ0v) is 4.96. The van der Waals surface area contributed by atoms with E-state index in [9.17, 15) is 0 Å². The second-order valence-electron chi connectivity index (χ2n) is 1.38. The summed E-state index contributed by atoms with van der Waals surface area (Å²) in [6, 6.07) is 0. The van der Waals surface area contributed by atoms with Gasteiger partial charge in [-0.25, -0.2) is 4.99 Å². The largest absolute Gasteiger partial charge is 0.390 e. The van der Waals surface area contributed by atoms with Gasteiger partial charge in [-0.1, -0.05) is 12.7 Å². The normalized spacial score (nSPS) is 12.4. The van der Waals surface area contributed by atoms with E-state index < -0.39 is 0 Å². The molecule has 2 heteroatoms. The fraction of sp³-hybridized carbons (Fsp3) is 0.167. The Bertz CT molecular complexity index is 122. The molecule has 0 aromatic rings. The second-order valence-corrected chi connectivity index (χ2v) is 1.38. The number of rotatable bonds is 2. The number of hydrogen-bond acceptors (Lipinski definition) is 1. The van der Waals surface area contributed by atoms with Gasteiger partial charge in [0.25, 0.3) is 0 Å². The van der Waals surface area contributed by atoms with Gasteiger partial charge in [0.15, 0.2) is 0 Å². The molecule has 0 saturated carbocycles. The van der Waals surface area contributed by atoms with Crippen LogP contribution in [0.5, 0.6) is 0 Å². The summed E-state index contributed by atoms with van der Waals surface area (Å²) in [6.07, 6.45) is 4.60. The van der Waals surface area contributed by atoms with Crippen LogP contribution in [-0.4, -0.2) is 6.34 Å². The first-order valence-electron chi connectivity index (χ1n) is 2.34. The summed E-state index contributed by atoms with van der Waals surface area (Å²) in [7, 11) is 0. The fourth-order valence-electron chi connectivity index (χ4n) is 0.213. The SMILES string of the molecule is C=C/C(C)=C\N=C/N. The van der Waals surface area contributed by atoms with Crippen LogP contribution in [0.3, 0.4) is 0 Å². The lowest BCUT2D eigenvalue weighted by Gasteiger charge is -1.81. The zero-order valence-electron chi connectivity index (χ0n) is 4.96. The molecule has 0 amide bonds. The Morgan fingerprint density at radius 2 is 2.38 bits per heavy atom. The molecule has 0 rings (SSSR count). The smallest absolute Gasteiger partial charge is 0.0852 e. The van der Waals surface area contributed by atoms with Gasteiger partial charge in [0.2, 0.25) is 0 Å². The van der Waals surface area contributed by atoms with Crippen molar-refractivity contribution in [1.82, 2.24) is 0 Å². The third-order valence-electron chi connectivity index (χ3n) is 0.686. The van der Waals surface area contributed by atoms with Crippen molar-refractivity contribution in [3.63, 3.8) is 0 Å². The minimum Gasteiger partial charge on any atom is -0.390 e. The summed E-state index contributed by atoms with van der Waals surface area (Å²) in [6.45, 7) is 5.43. The van der Waals surface area contributed by atoms with Gasteiger partial charge in [0.1, 0.15) is 0 Å². The van der Waals surface area contributed by atoms with Crippen molar-refractivity contribution in [2.24, 2.45) is 10.7 Å². The third-order valence-corrected chi connectivity index (χ3v) is 0.686. The van der Waals surface area contributed by atoms with Crippen molar-refractivity contribution in [1.29, 1.82) is 0 Å². The van der Waals surface area contributed by atoms with Gasteiger partial charge in [-0.2, -0.15) is 0 Å². The molecule has 0 aromatic heterocycles. The van der Waals surface area contributed by atoms with Gasteiger partial charge in [0, 0.05) is 6.20 Å². The third kappa shape index (κ3) is 3.15. The molecule has 0 fully saturated rings. The number of aliphatic imine (C=N–C) groups is 1. The Kier molecular flexibility index (Phi) is 3.58. The number of allylic oxidation sites excluding steroid dienone is 2. The highest BCUT2D eigenvalue weighted by molar-refractivity contribution is 5.52. The molecule has 0 unspecified atom stereocenters. The van der Waals surface area contributed by atoms with Crippen molar-refractivity contribution < 1.29 is 0 Å². The standard InChI is InChI=1S/C6H10N2/c1-3-6(2)4-8-5-7/h3-5H,1H2,2H3,(H2,7,8)/b6-4-. The predicted molar refractivity (Wildman–Crippen MR) is 36.6 cm³/mol. The van der Waals surface area contributed by atoms with Gasteiger partial charge >= 0.3 is 0 Å². The summed E-state index contributed by atoms with van der Waals surface area (Å²) >= 11 is 0. The van der Waals surface area contributed by atoms with Crippen molar-refractivity contribution in [2.45, 2.75) is 6.92 Å². The molecular weight excluding hydrogens is 100 g/mol. The summed E-state index contributed by atoms with van der Waals surface area (Å²) in [5, 5.41) is 0. The first-order valence-corrected chi connectivity index (χ1v) is 2.34. The lowest BCUT2D eigenvalue weighted by molar-refractivity contribution is 1.43. The summed E-state index contributed by atoms with van der Waals surface area (Å²) < 4.78 is 0. The second kappa shape index (κ2) is 4.12. The lowest BCUT2D eigenvalue weighted by Crippen LogP contribution is -1.85. The molecule has 0 bridgehead atoms. The Hall–Kier alpha value is -1.05. The molecule has 0 aliphatic rings. The molecule has 0 saturated heterocycles. The maximum Gasteiger partial charge on any atom is 0.0852 e. The van der Waals surface area contributed by atoms with E-state index in [-0.39, 0.29) is 0 Å². The molecule has 0 heterocycles. The van der Waals surface area contributed by atoms with Crippen molar-refractivity contribution >= 4 is 6.34 Å². The summed E-state index contributed by atoms with van der Waals surface area (Å²) in [5.74, 6) is 0. The van der Waals surface area contributed by atoms with Crippen LogP contribution in [0.25, 0.3) is 0 Å². The van der Waals surface area contributed by atoms with Crippen LogP contribution in [0, 0.1) is 0 Å². The molecule has 0 radical (unpaired) electrons. The van der Waals surface area contributed by atoms with Gasteiger partial charge in [-0.15, -0.1) is 0 Å². The highest BCUT2D eigenvalue weighted by atomic mass is 14.8. The minimum absolute atomic E-state index is 1.01. The summed E-state index contributed by atoms with van der Waals surface area (Å²) in [4.78, 5) is 3.66. The van der Waals surface area contributed by atoms with Crippen LogP contribution in [0.4, 0.5) is 0 Å². The molecule has 0 aromatic carbocycles. The quantitative estimate of drug-likeness (QED) is 0.322. The molecule has 8 heavy (non-hydrogen) atoms. The van der Waals surface area contributed by atoms with Crippen LogP contribution >= 0.6 is 0 Å². The monoisotopic (exact) mass is 110 g/mol. The van der Waals surface area contributed by atoms with Crippen LogP contribution in [0.2, 0.25) is 0 Å². The first-order chi connectivity index (χ1) is 3.81. The van der Waals surface area contributed by atoms with Crippen molar-refractivity contribution in [3.8, 4) is 0 Å². The Morgan fingerprint density at radius 3 is 2.75 bits per heavy atom. The molecule has 2 nitrogen and oxygen atoms in total. The molecule has 0 aliphatic carbocycles. The van der Waals surface area contributed by atoms with E-state index in [1.54, 1.807) is 12.3 Å². The molecule has 0 atom stereocenters. The van der Waals surface area contributed by atoms with E-state index in [0.29, 0.717) is 0 Å².